The van der Waals surface area contributed by atoms with Crippen LogP contribution in [0.2, 0.25) is 0 Å². The highest BCUT2D eigenvalue weighted by molar-refractivity contribution is 4.68. The van der Waals surface area contributed by atoms with E-state index in [2.05, 4.69) is 11.8 Å². The molecule has 0 bridgehead atoms. The molecule has 1 atom stereocenters. The van der Waals surface area contributed by atoms with Crippen molar-refractivity contribution in [2.75, 3.05) is 19.6 Å². The van der Waals surface area contributed by atoms with Crippen LogP contribution in [0.4, 0.5) is 0 Å². The van der Waals surface area contributed by atoms with Crippen LogP contribution in [0, 0.1) is 0 Å². The molecule has 0 amide bonds. The van der Waals surface area contributed by atoms with E-state index in [1.807, 2.05) is 0 Å². The Morgan fingerprint density at radius 2 is 2.30 bits per heavy atom. The van der Waals surface area contributed by atoms with Crippen molar-refractivity contribution < 1.29 is 5.11 Å². The van der Waals surface area contributed by atoms with Crippen molar-refractivity contribution in [1.82, 2.24) is 4.90 Å². The van der Waals surface area contributed by atoms with Crippen LogP contribution in [-0.2, 0) is 0 Å². The average Bonchev–Trinajstić information content (AvgIpc) is 2.13. The molecule has 1 saturated heterocycles. The first-order valence-corrected chi connectivity index (χ1v) is 4.23. The predicted molar refractivity (Wildman–Crippen MR) is 42.0 cm³/mol. The number of aliphatic hydroxyl groups is 1. The molecular formula is C8H17NO. The van der Waals surface area contributed by atoms with Gasteiger partial charge in [0.2, 0.25) is 0 Å². The maximum atomic E-state index is 9.35. The second-order valence-electron chi connectivity index (χ2n) is 3.04. The smallest absolute Gasteiger partial charge is 0.0667 e. The summed E-state index contributed by atoms with van der Waals surface area (Å²) in [6.45, 7) is 5.29. The number of hydrogen-bond acceptors (Lipinski definition) is 2. The molecule has 1 heterocycles. The van der Waals surface area contributed by atoms with Crippen LogP contribution in [-0.4, -0.2) is 35.7 Å². The molecule has 0 aliphatic carbocycles. The Bertz CT molecular complexity index is 95.3. The molecule has 2 heteroatoms. The van der Waals surface area contributed by atoms with Crippen molar-refractivity contribution >= 4 is 0 Å². The van der Waals surface area contributed by atoms with Gasteiger partial charge in [0.1, 0.15) is 0 Å². The lowest BCUT2D eigenvalue weighted by molar-refractivity contribution is 0.124. The van der Waals surface area contributed by atoms with Crippen LogP contribution in [0.5, 0.6) is 0 Å². The molecule has 0 unspecified atom stereocenters. The molecule has 0 spiro atoms. The van der Waals surface area contributed by atoms with E-state index in [9.17, 15) is 5.11 Å². The van der Waals surface area contributed by atoms with Crippen LogP contribution < -0.4 is 0 Å². The largest absolute Gasteiger partial charge is 0.392 e. The van der Waals surface area contributed by atoms with Crippen molar-refractivity contribution in [1.29, 1.82) is 0 Å². The zero-order chi connectivity index (χ0) is 7.40. The van der Waals surface area contributed by atoms with Gasteiger partial charge >= 0.3 is 0 Å². The van der Waals surface area contributed by atoms with Gasteiger partial charge in [0.25, 0.3) is 0 Å². The van der Waals surface area contributed by atoms with Crippen molar-refractivity contribution in [3.8, 4) is 0 Å². The first-order chi connectivity index (χ1) is 4.83. The highest BCUT2D eigenvalue weighted by Gasteiger charge is 2.13. The fourth-order valence-corrected chi connectivity index (χ4v) is 1.48. The first kappa shape index (κ1) is 8.02. The zero-order valence-electron chi connectivity index (χ0n) is 6.71. The summed E-state index contributed by atoms with van der Waals surface area (Å²) in [5.74, 6) is 0. The van der Waals surface area contributed by atoms with E-state index in [1.54, 1.807) is 0 Å². The van der Waals surface area contributed by atoms with Gasteiger partial charge in [-0.05, 0) is 32.4 Å². The molecule has 0 aromatic carbocycles. The average molecular weight is 143 g/mol. The molecule has 10 heavy (non-hydrogen) atoms. The number of rotatable bonds is 1. The van der Waals surface area contributed by atoms with Gasteiger partial charge in [-0.2, -0.15) is 0 Å². The van der Waals surface area contributed by atoms with Crippen LogP contribution in [0.1, 0.15) is 26.2 Å². The van der Waals surface area contributed by atoms with Crippen molar-refractivity contribution in [2.24, 2.45) is 0 Å². The Kier molecular flexibility index (Phi) is 3.16. The van der Waals surface area contributed by atoms with Crippen LogP contribution >= 0.6 is 0 Å². The topological polar surface area (TPSA) is 23.5 Å². The SMILES string of the molecule is CCN1CCCC[C@H](O)C1. The molecule has 60 valence electrons. The van der Waals surface area contributed by atoms with E-state index < -0.39 is 0 Å². The maximum Gasteiger partial charge on any atom is 0.0667 e. The Morgan fingerprint density at radius 1 is 1.50 bits per heavy atom. The normalized spacial score (nSPS) is 30.0. The van der Waals surface area contributed by atoms with Gasteiger partial charge in [-0.25, -0.2) is 0 Å². The Balaban J connectivity index is 2.30. The summed E-state index contributed by atoms with van der Waals surface area (Å²) in [6.07, 6.45) is 3.38. The second kappa shape index (κ2) is 3.94. The minimum absolute atomic E-state index is 0.0672. The van der Waals surface area contributed by atoms with E-state index in [-0.39, 0.29) is 6.10 Å². The summed E-state index contributed by atoms with van der Waals surface area (Å²) in [5, 5.41) is 9.35. The zero-order valence-corrected chi connectivity index (χ0v) is 6.71. The lowest BCUT2D eigenvalue weighted by atomic mass is 10.2. The van der Waals surface area contributed by atoms with Crippen molar-refractivity contribution in [2.45, 2.75) is 32.3 Å². The standard InChI is InChI=1S/C8H17NO/c1-2-9-6-4-3-5-8(10)7-9/h8,10H,2-7H2,1H3/t8-/m0/s1. The van der Waals surface area contributed by atoms with Crippen LogP contribution in [0.15, 0.2) is 0 Å². The minimum atomic E-state index is -0.0672. The third-order valence-electron chi connectivity index (χ3n) is 2.18. The monoisotopic (exact) mass is 143 g/mol. The third-order valence-corrected chi connectivity index (χ3v) is 2.18. The highest BCUT2D eigenvalue weighted by atomic mass is 16.3. The molecular weight excluding hydrogens is 126 g/mol. The number of β-amino-alcohol motifs (C(OH)–C–C–N with tert-alkyl or cyclic N) is 1. The lowest BCUT2D eigenvalue weighted by Crippen LogP contribution is -2.30. The van der Waals surface area contributed by atoms with E-state index in [0.29, 0.717) is 0 Å². The molecule has 0 radical (unpaired) electrons. The highest BCUT2D eigenvalue weighted by Crippen LogP contribution is 2.09. The molecule has 0 saturated carbocycles. The molecule has 1 aliphatic heterocycles. The number of likely N-dealkylation sites (tertiary alicyclic amines) is 1. The van der Waals surface area contributed by atoms with Gasteiger partial charge in [-0.1, -0.05) is 6.92 Å². The Hall–Kier alpha value is -0.0800. The summed E-state index contributed by atoms with van der Waals surface area (Å²) in [7, 11) is 0. The molecule has 0 aromatic heterocycles. The van der Waals surface area contributed by atoms with E-state index in [1.165, 1.54) is 19.4 Å². The molecule has 2 nitrogen and oxygen atoms in total. The first-order valence-electron chi connectivity index (χ1n) is 4.23. The fourth-order valence-electron chi connectivity index (χ4n) is 1.48. The summed E-state index contributed by atoms with van der Waals surface area (Å²) in [4.78, 5) is 2.32. The van der Waals surface area contributed by atoms with Crippen molar-refractivity contribution in [3.05, 3.63) is 0 Å². The number of nitrogens with zero attached hydrogens (tertiary/aromatic N) is 1. The Labute approximate surface area is 62.8 Å². The Morgan fingerprint density at radius 3 is 3.00 bits per heavy atom. The molecule has 0 aromatic rings. The minimum Gasteiger partial charge on any atom is -0.392 e. The number of aliphatic hydroxyl groups excluding tert-OH is 1. The molecule has 1 rings (SSSR count). The second-order valence-corrected chi connectivity index (χ2v) is 3.04. The summed E-state index contributed by atoms with van der Waals surface area (Å²) in [5.41, 5.74) is 0. The summed E-state index contributed by atoms with van der Waals surface area (Å²) >= 11 is 0. The summed E-state index contributed by atoms with van der Waals surface area (Å²) < 4.78 is 0. The number of likely N-dealkylation sites (N-methyl/N-ethyl adjacent to an activating group) is 1. The van der Waals surface area contributed by atoms with Crippen molar-refractivity contribution in [3.63, 3.8) is 0 Å². The maximum absolute atomic E-state index is 9.35. The van der Waals surface area contributed by atoms with E-state index in [0.717, 1.165) is 19.5 Å². The van der Waals surface area contributed by atoms with Crippen LogP contribution in [0.3, 0.4) is 0 Å². The predicted octanol–water partition coefficient (Wildman–Crippen LogP) is 0.853. The quantitative estimate of drug-likeness (QED) is 0.588. The van der Waals surface area contributed by atoms with E-state index in [4.69, 9.17) is 0 Å². The van der Waals surface area contributed by atoms with Gasteiger partial charge in [-0.15, -0.1) is 0 Å². The van der Waals surface area contributed by atoms with Gasteiger partial charge in [0, 0.05) is 6.54 Å². The lowest BCUT2D eigenvalue weighted by Gasteiger charge is -2.18. The third kappa shape index (κ3) is 2.27. The molecule has 1 fully saturated rings. The number of hydrogen-bond donors (Lipinski definition) is 1. The molecule has 1 N–H and O–H groups in total. The van der Waals surface area contributed by atoms with Gasteiger partial charge in [-0.3, -0.25) is 0 Å². The fraction of sp³-hybridized carbons (Fsp3) is 1.00. The van der Waals surface area contributed by atoms with Crippen LogP contribution in [0.25, 0.3) is 0 Å². The van der Waals surface area contributed by atoms with Gasteiger partial charge in [0.15, 0.2) is 0 Å². The summed E-state index contributed by atoms with van der Waals surface area (Å²) in [6, 6.07) is 0. The van der Waals surface area contributed by atoms with E-state index >= 15 is 0 Å². The van der Waals surface area contributed by atoms with Gasteiger partial charge < -0.3 is 10.0 Å². The molecule has 1 aliphatic rings. The van der Waals surface area contributed by atoms with Gasteiger partial charge in [0.05, 0.1) is 6.10 Å².